The van der Waals surface area contributed by atoms with Crippen molar-refractivity contribution in [2.75, 3.05) is 13.1 Å². The van der Waals surface area contributed by atoms with Gasteiger partial charge in [0.15, 0.2) is 0 Å². The van der Waals surface area contributed by atoms with E-state index in [0.717, 1.165) is 23.7 Å². The molecule has 1 aromatic carbocycles. The van der Waals surface area contributed by atoms with Crippen LogP contribution in [0.5, 0.6) is 0 Å². The SMILES string of the molecule is CC(C)c1ccc2[nH]c(C(=O)NS(=O)(=O)N3CCCC3)cc2c1. The maximum atomic E-state index is 12.3. The van der Waals surface area contributed by atoms with Gasteiger partial charge in [-0.15, -0.1) is 0 Å². The van der Waals surface area contributed by atoms with E-state index in [4.69, 9.17) is 0 Å². The van der Waals surface area contributed by atoms with Gasteiger partial charge in [0, 0.05) is 24.0 Å². The third kappa shape index (κ3) is 3.25. The number of nitrogens with zero attached hydrogens (tertiary/aromatic N) is 1. The Labute approximate surface area is 136 Å². The smallest absolute Gasteiger partial charge is 0.304 e. The number of hydrogen-bond donors (Lipinski definition) is 2. The van der Waals surface area contributed by atoms with Crippen LogP contribution in [-0.4, -0.2) is 36.7 Å². The van der Waals surface area contributed by atoms with E-state index >= 15 is 0 Å². The number of rotatable bonds is 4. The zero-order valence-electron chi connectivity index (χ0n) is 13.3. The second-order valence-electron chi connectivity index (χ2n) is 6.23. The van der Waals surface area contributed by atoms with Crippen LogP contribution in [-0.2, 0) is 10.2 Å². The third-order valence-corrected chi connectivity index (χ3v) is 5.67. The van der Waals surface area contributed by atoms with E-state index in [9.17, 15) is 13.2 Å². The summed E-state index contributed by atoms with van der Waals surface area (Å²) >= 11 is 0. The lowest BCUT2D eigenvalue weighted by molar-refractivity contribution is 0.0975. The molecule has 0 spiro atoms. The van der Waals surface area contributed by atoms with Crippen LogP contribution in [0.2, 0.25) is 0 Å². The first-order valence-electron chi connectivity index (χ1n) is 7.82. The van der Waals surface area contributed by atoms with E-state index in [1.807, 2.05) is 18.2 Å². The van der Waals surface area contributed by atoms with E-state index in [-0.39, 0.29) is 5.69 Å². The Hall–Kier alpha value is -1.86. The number of nitrogens with one attached hydrogen (secondary N) is 2. The maximum Gasteiger partial charge on any atom is 0.304 e. The molecule has 0 radical (unpaired) electrons. The molecule has 0 bridgehead atoms. The minimum atomic E-state index is -3.75. The number of H-pyrrole nitrogens is 1. The summed E-state index contributed by atoms with van der Waals surface area (Å²) in [6.07, 6.45) is 1.67. The van der Waals surface area contributed by atoms with E-state index in [0.29, 0.717) is 19.0 Å². The van der Waals surface area contributed by atoms with Crippen LogP contribution in [0, 0.1) is 0 Å². The summed E-state index contributed by atoms with van der Waals surface area (Å²) < 4.78 is 27.8. The molecule has 1 aromatic heterocycles. The molecule has 0 atom stereocenters. The largest absolute Gasteiger partial charge is 0.350 e. The molecule has 2 aromatic rings. The average Bonchev–Trinajstić information content (AvgIpc) is 3.15. The van der Waals surface area contributed by atoms with Gasteiger partial charge in [-0.25, -0.2) is 4.72 Å². The fraction of sp³-hybridized carbons (Fsp3) is 0.438. The fourth-order valence-electron chi connectivity index (χ4n) is 2.80. The lowest BCUT2D eigenvalue weighted by Crippen LogP contribution is -2.42. The van der Waals surface area contributed by atoms with Crippen molar-refractivity contribution < 1.29 is 13.2 Å². The van der Waals surface area contributed by atoms with E-state index in [1.54, 1.807) is 6.07 Å². The van der Waals surface area contributed by atoms with Gasteiger partial charge in [0.2, 0.25) is 0 Å². The number of aromatic nitrogens is 1. The molecule has 1 aliphatic heterocycles. The Morgan fingerprint density at radius 2 is 1.91 bits per heavy atom. The lowest BCUT2D eigenvalue weighted by atomic mass is 10.0. The Kier molecular flexibility index (Phi) is 4.16. The molecule has 1 saturated heterocycles. The van der Waals surface area contributed by atoms with Crippen molar-refractivity contribution in [2.45, 2.75) is 32.6 Å². The molecule has 0 unspecified atom stereocenters. The number of carbonyl (C=O) groups is 1. The molecule has 0 aliphatic carbocycles. The predicted octanol–water partition coefficient (Wildman–Crippen LogP) is 2.36. The van der Waals surface area contributed by atoms with Crippen LogP contribution in [0.3, 0.4) is 0 Å². The van der Waals surface area contributed by atoms with Gasteiger partial charge >= 0.3 is 10.2 Å². The van der Waals surface area contributed by atoms with Crippen LogP contribution in [0.25, 0.3) is 10.9 Å². The van der Waals surface area contributed by atoms with Gasteiger partial charge in [-0.2, -0.15) is 12.7 Å². The average molecular weight is 335 g/mol. The highest BCUT2D eigenvalue weighted by Crippen LogP contribution is 2.22. The first kappa shape index (κ1) is 16.0. The zero-order valence-corrected chi connectivity index (χ0v) is 14.1. The fourth-order valence-corrected chi connectivity index (χ4v) is 4.01. The molecule has 3 rings (SSSR count). The second kappa shape index (κ2) is 5.98. The number of amides is 1. The van der Waals surface area contributed by atoms with E-state index < -0.39 is 16.1 Å². The lowest BCUT2D eigenvalue weighted by Gasteiger charge is -2.15. The number of carbonyl (C=O) groups excluding carboxylic acids is 1. The monoisotopic (exact) mass is 335 g/mol. The summed E-state index contributed by atoms with van der Waals surface area (Å²) in [7, 11) is -3.75. The Morgan fingerprint density at radius 3 is 2.57 bits per heavy atom. The van der Waals surface area contributed by atoms with Crippen molar-refractivity contribution in [1.29, 1.82) is 0 Å². The first-order chi connectivity index (χ1) is 10.9. The maximum absolute atomic E-state index is 12.3. The minimum absolute atomic E-state index is 0.253. The summed E-state index contributed by atoms with van der Waals surface area (Å²) in [4.78, 5) is 15.2. The van der Waals surface area contributed by atoms with Gasteiger partial charge < -0.3 is 4.98 Å². The summed E-state index contributed by atoms with van der Waals surface area (Å²) in [5, 5.41) is 0.903. The van der Waals surface area contributed by atoms with Crippen LogP contribution in [0.1, 0.15) is 48.7 Å². The van der Waals surface area contributed by atoms with Crippen molar-refractivity contribution >= 4 is 27.0 Å². The number of fused-ring (bicyclic) bond motifs is 1. The van der Waals surface area contributed by atoms with Crippen LogP contribution >= 0.6 is 0 Å². The summed E-state index contributed by atoms with van der Waals surface area (Å²) in [6, 6.07) is 7.63. The molecular weight excluding hydrogens is 314 g/mol. The van der Waals surface area contributed by atoms with Crippen molar-refractivity contribution in [3.05, 3.63) is 35.5 Å². The molecule has 1 fully saturated rings. The number of benzene rings is 1. The van der Waals surface area contributed by atoms with Gasteiger partial charge in [-0.1, -0.05) is 19.9 Å². The quantitative estimate of drug-likeness (QED) is 0.900. The molecule has 124 valence electrons. The molecular formula is C16H21N3O3S. The highest BCUT2D eigenvalue weighted by atomic mass is 32.2. The zero-order chi connectivity index (χ0) is 16.6. The molecule has 0 saturated carbocycles. The van der Waals surface area contributed by atoms with Gasteiger partial charge in [0.25, 0.3) is 5.91 Å². The number of aromatic amines is 1. The van der Waals surface area contributed by atoms with E-state index in [2.05, 4.69) is 23.6 Å². The van der Waals surface area contributed by atoms with Crippen molar-refractivity contribution in [3.8, 4) is 0 Å². The molecule has 2 N–H and O–H groups in total. The van der Waals surface area contributed by atoms with Gasteiger partial charge in [0.1, 0.15) is 5.69 Å². The Morgan fingerprint density at radius 1 is 1.22 bits per heavy atom. The van der Waals surface area contributed by atoms with Crippen molar-refractivity contribution in [2.24, 2.45) is 0 Å². The van der Waals surface area contributed by atoms with Crippen molar-refractivity contribution in [1.82, 2.24) is 14.0 Å². The third-order valence-electron chi connectivity index (χ3n) is 4.18. The Balaban J connectivity index is 1.83. The van der Waals surface area contributed by atoms with Gasteiger partial charge in [-0.05, 0) is 42.5 Å². The first-order valence-corrected chi connectivity index (χ1v) is 9.26. The van der Waals surface area contributed by atoms with Crippen LogP contribution in [0.15, 0.2) is 24.3 Å². The normalized spacial score (nSPS) is 16.3. The van der Waals surface area contributed by atoms with Gasteiger partial charge in [-0.3, -0.25) is 4.79 Å². The topological polar surface area (TPSA) is 82.3 Å². The summed E-state index contributed by atoms with van der Waals surface area (Å²) in [6.45, 7) is 5.13. The van der Waals surface area contributed by atoms with Crippen LogP contribution < -0.4 is 4.72 Å². The highest BCUT2D eigenvalue weighted by molar-refractivity contribution is 7.87. The highest BCUT2D eigenvalue weighted by Gasteiger charge is 2.27. The second-order valence-corrected chi connectivity index (χ2v) is 7.90. The summed E-state index contributed by atoms with van der Waals surface area (Å²) in [5.74, 6) is -0.235. The molecule has 2 heterocycles. The molecule has 6 nitrogen and oxygen atoms in total. The molecule has 23 heavy (non-hydrogen) atoms. The number of hydrogen-bond acceptors (Lipinski definition) is 3. The van der Waals surface area contributed by atoms with Gasteiger partial charge in [0.05, 0.1) is 0 Å². The predicted molar refractivity (Wildman–Crippen MR) is 89.6 cm³/mol. The van der Waals surface area contributed by atoms with Crippen molar-refractivity contribution in [3.63, 3.8) is 0 Å². The van der Waals surface area contributed by atoms with Crippen LogP contribution in [0.4, 0.5) is 0 Å². The minimum Gasteiger partial charge on any atom is -0.350 e. The molecule has 1 aliphatic rings. The molecule has 7 heteroatoms. The molecule has 1 amide bonds. The van der Waals surface area contributed by atoms with E-state index in [1.165, 1.54) is 9.87 Å². The standard InChI is InChI=1S/C16H21N3O3S/c1-11(2)12-5-6-14-13(9-12)10-15(17-14)16(20)18-23(21,22)19-7-3-4-8-19/h5-6,9-11,17H,3-4,7-8H2,1-2H3,(H,18,20). The summed E-state index contributed by atoms with van der Waals surface area (Å²) in [5.41, 5.74) is 2.25. The Bertz CT molecular complexity index is 833.